The molecule has 1 fully saturated rings. The van der Waals surface area contributed by atoms with Crippen molar-refractivity contribution >= 4 is 5.91 Å². The summed E-state index contributed by atoms with van der Waals surface area (Å²) in [6.45, 7) is 7.19. The predicted octanol–water partition coefficient (Wildman–Crippen LogP) is 3.40. The van der Waals surface area contributed by atoms with Crippen LogP contribution in [0.15, 0.2) is 24.3 Å². The van der Waals surface area contributed by atoms with Gasteiger partial charge in [-0.25, -0.2) is 0 Å². The Bertz CT molecular complexity index is 535. The molecule has 3 nitrogen and oxygen atoms in total. The summed E-state index contributed by atoms with van der Waals surface area (Å²) in [7, 11) is 0. The van der Waals surface area contributed by atoms with Crippen LogP contribution in [0, 0.1) is 5.92 Å². The number of hydrogen-bond acceptors (Lipinski definition) is 2. The third kappa shape index (κ3) is 5.23. The Labute approximate surface area is 135 Å². The highest BCUT2D eigenvalue weighted by Crippen LogP contribution is 2.29. The Morgan fingerprint density at radius 1 is 1.17 bits per heavy atom. The fraction of sp³-hybridized carbons (Fsp3) is 0.588. The van der Waals surface area contributed by atoms with Gasteiger partial charge in [0.1, 0.15) is 0 Å². The van der Waals surface area contributed by atoms with Crippen molar-refractivity contribution in [3.05, 3.63) is 35.4 Å². The fourth-order valence-electron chi connectivity index (χ4n) is 2.74. The summed E-state index contributed by atoms with van der Waals surface area (Å²) in [5.41, 5.74) is 0.0440. The van der Waals surface area contributed by atoms with Gasteiger partial charge in [-0.15, -0.1) is 0 Å². The highest BCUT2D eigenvalue weighted by Gasteiger charge is 2.30. The molecule has 23 heavy (non-hydrogen) atoms. The van der Waals surface area contributed by atoms with Crippen LogP contribution >= 0.6 is 0 Å². The van der Waals surface area contributed by atoms with E-state index in [0.29, 0.717) is 50.6 Å². The number of halogens is 3. The maximum Gasteiger partial charge on any atom is 0.416 e. The van der Waals surface area contributed by atoms with Crippen molar-refractivity contribution in [2.75, 3.05) is 26.2 Å². The predicted molar refractivity (Wildman–Crippen MR) is 82.8 cm³/mol. The van der Waals surface area contributed by atoms with E-state index < -0.39 is 11.7 Å². The average Bonchev–Trinajstić information content (AvgIpc) is 2.46. The minimum atomic E-state index is -4.31. The molecular formula is C17H23F3N2O. The van der Waals surface area contributed by atoms with Crippen molar-refractivity contribution in [3.63, 3.8) is 0 Å². The number of carbonyl (C=O) groups excluding carboxylic acids is 1. The Morgan fingerprint density at radius 3 is 2.39 bits per heavy atom. The van der Waals surface area contributed by atoms with Gasteiger partial charge >= 0.3 is 6.18 Å². The Morgan fingerprint density at radius 2 is 1.83 bits per heavy atom. The van der Waals surface area contributed by atoms with E-state index in [4.69, 9.17) is 0 Å². The molecule has 0 bridgehead atoms. The second kappa shape index (κ2) is 7.34. The summed E-state index contributed by atoms with van der Waals surface area (Å²) in [5, 5.41) is 0. The molecule has 6 heteroatoms. The fourth-order valence-corrected chi connectivity index (χ4v) is 2.74. The first-order valence-corrected chi connectivity index (χ1v) is 7.92. The second-order valence-electron chi connectivity index (χ2n) is 6.45. The van der Waals surface area contributed by atoms with Gasteiger partial charge in [-0.3, -0.25) is 9.69 Å². The standard InChI is InChI=1S/C17H23F3N2O/c1-13(2)10-16(23)22-8-6-21(7-9-22)12-14-4-3-5-15(11-14)17(18,19)20/h3-5,11,13H,6-10,12H2,1-2H3. The van der Waals surface area contributed by atoms with Gasteiger partial charge in [0.2, 0.25) is 5.91 Å². The van der Waals surface area contributed by atoms with Crippen molar-refractivity contribution < 1.29 is 18.0 Å². The van der Waals surface area contributed by atoms with Gasteiger partial charge in [-0.05, 0) is 17.5 Å². The normalized spacial score (nSPS) is 16.9. The van der Waals surface area contributed by atoms with Crippen LogP contribution in [0.1, 0.15) is 31.4 Å². The summed E-state index contributed by atoms with van der Waals surface area (Å²) in [4.78, 5) is 16.0. The van der Waals surface area contributed by atoms with E-state index in [1.165, 1.54) is 12.1 Å². The van der Waals surface area contributed by atoms with E-state index in [9.17, 15) is 18.0 Å². The molecule has 0 saturated carbocycles. The van der Waals surface area contributed by atoms with Gasteiger partial charge in [-0.2, -0.15) is 13.2 Å². The summed E-state index contributed by atoms with van der Waals surface area (Å²) in [6.07, 6.45) is -3.76. The zero-order chi connectivity index (χ0) is 17.0. The number of hydrogen-bond donors (Lipinski definition) is 0. The summed E-state index contributed by atoms with van der Waals surface area (Å²) >= 11 is 0. The first-order chi connectivity index (χ1) is 10.8. The lowest BCUT2D eigenvalue weighted by Crippen LogP contribution is -2.48. The van der Waals surface area contributed by atoms with Crippen molar-refractivity contribution in [3.8, 4) is 0 Å². The van der Waals surface area contributed by atoms with Gasteiger partial charge in [-0.1, -0.05) is 32.0 Å². The number of rotatable bonds is 4. The molecule has 1 heterocycles. The van der Waals surface area contributed by atoms with E-state index in [1.54, 1.807) is 6.07 Å². The maximum atomic E-state index is 12.7. The molecule has 1 aromatic rings. The van der Waals surface area contributed by atoms with Gasteiger partial charge in [0, 0.05) is 39.1 Å². The van der Waals surface area contributed by atoms with Crippen LogP contribution in [0.25, 0.3) is 0 Å². The second-order valence-corrected chi connectivity index (χ2v) is 6.45. The zero-order valence-electron chi connectivity index (χ0n) is 13.6. The van der Waals surface area contributed by atoms with Crippen molar-refractivity contribution in [1.29, 1.82) is 0 Å². The highest BCUT2D eigenvalue weighted by atomic mass is 19.4. The van der Waals surface area contributed by atoms with E-state index in [2.05, 4.69) is 4.90 Å². The maximum absolute atomic E-state index is 12.7. The Hall–Kier alpha value is -1.56. The quantitative estimate of drug-likeness (QED) is 0.846. The topological polar surface area (TPSA) is 23.6 Å². The molecule has 0 radical (unpaired) electrons. The highest BCUT2D eigenvalue weighted by molar-refractivity contribution is 5.76. The lowest BCUT2D eigenvalue weighted by Gasteiger charge is -2.35. The third-order valence-electron chi connectivity index (χ3n) is 3.97. The van der Waals surface area contributed by atoms with Crippen molar-refractivity contribution in [2.45, 2.75) is 33.0 Å². The summed E-state index contributed by atoms with van der Waals surface area (Å²) in [6, 6.07) is 5.45. The Kier molecular flexibility index (Phi) is 5.68. The molecule has 2 rings (SSSR count). The number of nitrogens with zero attached hydrogens (tertiary/aromatic N) is 2. The lowest BCUT2D eigenvalue weighted by molar-refractivity contribution is -0.137. The molecule has 1 aliphatic heterocycles. The number of alkyl halides is 3. The van der Waals surface area contributed by atoms with Crippen LogP contribution in [0.2, 0.25) is 0 Å². The van der Waals surface area contributed by atoms with Crippen LogP contribution in [-0.2, 0) is 17.5 Å². The molecule has 1 aromatic carbocycles. The van der Waals surface area contributed by atoms with Crippen LogP contribution in [0.4, 0.5) is 13.2 Å². The van der Waals surface area contributed by atoms with Crippen LogP contribution in [0.5, 0.6) is 0 Å². The summed E-state index contributed by atoms with van der Waals surface area (Å²) < 4.78 is 38.2. The molecular weight excluding hydrogens is 305 g/mol. The van der Waals surface area contributed by atoms with Crippen molar-refractivity contribution in [1.82, 2.24) is 9.80 Å². The van der Waals surface area contributed by atoms with Gasteiger partial charge in [0.05, 0.1) is 5.56 Å². The van der Waals surface area contributed by atoms with E-state index in [-0.39, 0.29) is 5.91 Å². The molecule has 0 aromatic heterocycles. The molecule has 0 unspecified atom stereocenters. The number of amides is 1. The molecule has 128 valence electrons. The van der Waals surface area contributed by atoms with Crippen LogP contribution in [-0.4, -0.2) is 41.9 Å². The van der Waals surface area contributed by atoms with Gasteiger partial charge in [0.25, 0.3) is 0 Å². The SMILES string of the molecule is CC(C)CC(=O)N1CCN(Cc2cccc(C(F)(F)F)c2)CC1. The third-order valence-corrected chi connectivity index (χ3v) is 3.97. The minimum Gasteiger partial charge on any atom is -0.340 e. The lowest BCUT2D eigenvalue weighted by atomic mass is 10.1. The largest absolute Gasteiger partial charge is 0.416 e. The van der Waals surface area contributed by atoms with Gasteiger partial charge < -0.3 is 4.90 Å². The Balaban J connectivity index is 1.88. The van der Waals surface area contributed by atoms with Crippen LogP contribution in [0.3, 0.4) is 0 Å². The zero-order valence-corrected chi connectivity index (χ0v) is 13.6. The molecule has 0 atom stereocenters. The van der Waals surface area contributed by atoms with Crippen molar-refractivity contribution in [2.24, 2.45) is 5.92 Å². The number of piperazine rings is 1. The minimum absolute atomic E-state index is 0.165. The molecule has 0 N–H and O–H groups in total. The summed E-state index contributed by atoms with van der Waals surface area (Å²) in [5.74, 6) is 0.504. The molecule has 1 aliphatic rings. The number of benzene rings is 1. The average molecular weight is 328 g/mol. The first-order valence-electron chi connectivity index (χ1n) is 7.92. The number of carbonyl (C=O) groups is 1. The van der Waals surface area contributed by atoms with Crippen LogP contribution < -0.4 is 0 Å². The molecule has 0 aliphatic carbocycles. The monoisotopic (exact) mass is 328 g/mol. The van der Waals surface area contributed by atoms with E-state index in [1.807, 2.05) is 18.7 Å². The van der Waals surface area contributed by atoms with Gasteiger partial charge in [0.15, 0.2) is 0 Å². The smallest absolute Gasteiger partial charge is 0.340 e. The first kappa shape index (κ1) is 17.8. The van der Waals surface area contributed by atoms with E-state index in [0.717, 1.165) is 6.07 Å². The molecule has 0 spiro atoms. The molecule has 1 amide bonds. The molecule has 1 saturated heterocycles. The van der Waals surface area contributed by atoms with E-state index >= 15 is 0 Å².